The third-order valence-electron chi connectivity index (χ3n) is 4.48. The van der Waals surface area contributed by atoms with Crippen molar-refractivity contribution < 1.29 is 18.6 Å². The maximum atomic E-state index is 14.6. The van der Waals surface area contributed by atoms with Crippen molar-refractivity contribution in [1.29, 1.82) is 0 Å². The molecule has 0 amide bonds. The smallest absolute Gasteiger partial charge is 0.155 e. The lowest BCUT2D eigenvalue weighted by atomic mass is 9.90. The van der Waals surface area contributed by atoms with Gasteiger partial charge in [0.25, 0.3) is 0 Å². The highest BCUT2D eigenvalue weighted by Gasteiger charge is 2.79. The van der Waals surface area contributed by atoms with Gasteiger partial charge in [0.2, 0.25) is 0 Å². The first-order chi connectivity index (χ1) is 8.99. The minimum absolute atomic E-state index is 0.128. The van der Waals surface area contributed by atoms with E-state index < -0.39 is 11.8 Å². The SMILES string of the molecule is CC(C)(C)O[C@]12C[C@H]1C[C@@]1(OC(C)(C)C)[C@@H]2OC[C@@H]1F. The van der Waals surface area contributed by atoms with Gasteiger partial charge in [0.15, 0.2) is 6.17 Å². The van der Waals surface area contributed by atoms with Gasteiger partial charge >= 0.3 is 0 Å². The molecule has 0 spiro atoms. The molecule has 116 valence electrons. The van der Waals surface area contributed by atoms with Crippen molar-refractivity contribution in [2.24, 2.45) is 5.92 Å². The minimum atomic E-state index is -1.06. The average Bonchev–Trinajstić information content (AvgIpc) is 2.64. The van der Waals surface area contributed by atoms with Crippen molar-refractivity contribution in [1.82, 2.24) is 0 Å². The fourth-order valence-electron chi connectivity index (χ4n) is 4.17. The number of halogens is 1. The molecule has 0 aromatic rings. The Morgan fingerprint density at radius 3 is 2.00 bits per heavy atom. The Morgan fingerprint density at radius 2 is 1.45 bits per heavy atom. The van der Waals surface area contributed by atoms with E-state index in [0.29, 0.717) is 12.3 Å². The van der Waals surface area contributed by atoms with Crippen LogP contribution in [0.1, 0.15) is 54.4 Å². The zero-order valence-electron chi connectivity index (χ0n) is 13.5. The lowest BCUT2D eigenvalue weighted by Crippen LogP contribution is -2.54. The maximum Gasteiger partial charge on any atom is 0.155 e. The van der Waals surface area contributed by atoms with E-state index in [4.69, 9.17) is 14.2 Å². The first-order valence-electron chi connectivity index (χ1n) is 7.65. The van der Waals surface area contributed by atoms with Gasteiger partial charge < -0.3 is 14.2 Å². The predicted molar refractivity (Wildman–Crippen MR) is 74.5 cm³/mol. The molecule has 0 N–H and O–H groups in total. The lowest BCUT2D eigenvalue weighted by molar-refractivity contribution is -0.203. The number of ether oxygens (including phenoxy) is 3. The zero-order valence-corrected chi connectivity index (χ0v) is 13.5. The highest BCUT2D eigenvalue weighted by Crippen LogP contribution is 2.68. The minimum Gasteiger partial charge on any atom is -0.369 e. The van der Waals surface area contributed by atoms with Gasteiger partial charge in [-0.25, -0.2) is 4.39 Å². The molecular weight excluding hydrogens is 259 g/mol. The fraction of sp³-hybridized carbons (Fsp3) is 1.00. The lowest BCUT2D eigenvalue weighted by Gasteiger charge is -2.40. The summed E-state index contributed by atoms with van der Waals surface area (Å²) >= 11 is 0. The van der Waals surface area contributed by atoms with E-state index in [-0.39, 0.29) is 29.5 Å². The third kappa shape index (κ3) is 2.11. The second-order valence-electron chi connectivity index (χ2n) is 8.62. The maximum absolute atomic E-state index is 14.6. The van der Waals surface area contributed by atoms with E-state index in [1.54, 1.807) is 0 Å². The van der Waals surface area contributed by atoms with Crippen molar-refractivity contribution in [3.8, 4) is 0 Å². The van der Waals surface area contributed by atoms with Crippen molar-refractivity contribution in [3.05, 3.63) is 0 Å². The highest BCUT2D eigenvalue weighted by molar-refractivity contribution is 5.29. The van der Waals surface area contributed by atoms with Gasteiger partial charge in [-0.15, -0.1) is 0 Å². The summed E-state index contributed by atoms with van der Waals surface area (Å²) in [6, 6.07) is 0. The molecule has 0 bridgehead atoms. The van der Waals surface area contributed by atoms with Crippen LogP contribution in [0.2, 0.25) is 0 Å². The number of hydrogen-bond donors (Lipinski definition) is 0. The molecule has 1 aliphatic heterocycles. The van der Waals surface area contributed by atoms with Gasteiger partial charge in [0.1, 0.15) is 17.3 Å². The van der Waals surface area contributed by atoms with Gasteiger partial charge in [0, 0.05) is 0 Å². The quantitative estimate of drug-likeness (QED) is 0.780. The summed E-state index contributed by atoms with van der Waals surface area (Å²) in [7, 11) is 0. The molecule has 5 atom stereocenters. The molecule has 3 aliphatic rings. The molecule has 3 nitrogen and oxygen atoms in total. The average molecular weight is 286 g/mol. The van der Waals surface area contributed by atoms with Gasteiger partial charge in [-0.1, -0.05) is 0 Å². The first kappa shape index (κ1) is 14.7. The molecule has 2 saturated carbocycles. The molecule has 20 heavy (non-hydrogen) atoms. The van der Waals surface area contributed by atoms with Gasteiger partial charge in [-0.2, -0.15) is 0 Å². The Kier molecular flexibility index (Phi) is 2.92. The topological polar surface area (TPSA) is 27.7 Å². The van der Waals surface area contributed by atoms with Crippen molar-refractivity contribution in [2.45, 2.75) is 89.1 Å². The zero-order chi connectivity index (χ0) is 15.0. The molecule has 0 radical (unpaired) electrons. The molecular formula is C16H27FO3. The van der Waals surface area contributed by atoms with Crippen molar-refractivity contribution >= 4 is 0 Å². The third-order valence-corrected chi connectivity index (χ3v) is 4.48. The monoisotopic (exact) mass is 286 g/mol. The second-order valence-corrected chi connectivity index (χ2v) is 8.62. The normalized spacial score (nSPS) is 47.2. The van der Waals surface area contributed by atoms with Crippen LogP contribution in [-0.2, 0) is 14.2 Å². The van der Waals surface area contributed by atoms with Crippen molar-refractivity contribution in [2.75, 3.05) is 6.61 Å². The van der Waals surface area contributed by atoms with Gasteiger partial charge in [0.05, 0.1) is 17.8 Å². The first-order valence-corrected chi connectivity index (χ1v) is 7.65. The molecule has 0 unspecified atom stereocenters. The molecule has 4 heteroatoms. The molecule has 2 aliphatic carbocycles. The summed E-state index contributed by atoms with van der Waals surface area (Å²) in [4.78, 5) is 0. The summed E-state index contributed by atoms with van der Waals surface area (Å²) in [5, 5.41) is 0. The molecule has 1 saturated heterocycles. The molecule has 0 aromatic carbocycles. The fourth-order valence-corrected chi connectivity index (χ4v) is 4.17. The van der Waals surface area contributed by atoms with Crippen LogP contribution in [0.4, 0.5) is 4.39 Å². The number of rotatable bonds is 2. The van der Waals surface area contributed by atoms with E-state index in [0.717, 1.165) is 6.42 Å². The standard InChI is InChI=1S/C16H27FO3/c1-13(2,3)19-15-7-10(15)8-16(20-14(4,5)6)11(17)9-18-12(15)16/h10-12H,7-9H2,1-6H3/t10-,11-,12+,15+,16-/m0/s1. The number of alkyl halides is 1. The largest absolute Gasteiger partial charge is 0.369 e. The van der Waals surface area contributed by atoms with Crippen LogP contribution in [0.5, 0.6) is 0 Å². The van der Waals surface area contributed by atoms with Gasteiger partial charge in [-0.05, 0) is 60.3 Å². The van der Waals surface area contributed by atoms with Crippen LogP contribution in [0.15, 0.2) is 0 Å². The molecule has 0 aromatic heterocycles. The molecule has 1 heterocycles. The van der Waals surface area contributed by atoms with E-state index in [9.17, 15) is 4.39 Å². The Balaban J connectivity index is 1.88. The Morgan fingerprint density at radius 1 is 0.950 bits per heavy atom. The van der Waals surface area contributed by atoms with E-state index >= 15 is 0 Å². The summed E-state index contributed by atoms with van der Waals surface area (Å²) in [5.41, 5.74) is -1.77. The summed E-state index contributed by atoms with van der Waals surface area (Å²) in [5.74, 6) is 0.368. The van der Waals surface area contributed by atoms with Crippen LogP contribution in [0, 0.1) is 5.92 Å². The van der Waals surface area contributed by atoms with E-state index in [1.165, 1.54) is 0 Å². The number of hydrogen-bond acceptors (Lipinski definition) is 3. The Bertz CT molecular complexity index is 411. The Hall–Kier alpha value is -0.190. The van der Waals surface area contributed by atoms with E-state index in [2.05, 4.69) is 0 Å². The van der Waals surface area contributed by atoms with Gasteiger partial charge in [-0.3, -0.25) is 0 Å². The molecule has 3 fully saturated rings. The summed E-state index contributed by atoms with van der Waals surface area (Å²) in [6.07, 6.45) is 0.358. The number of fused-ring (bicyclic) bond motifs is 3. The van der Waals surface area contributed by atoms with Crippen LogP contribution in [0.3, 0.4) is 0 Å². The molecule has 3 rings (SSSR count). The van der Waals surface area contributed by atoms with Crippen LogP contribution < -0.4 is 0 Å². The Labute approximate surface area is 121 Å². The summed E-state index contributed by atoms with van der Waals surface area (Å²) < 4.78 is 32.8. The van der Waals surface area contributed by atoms with Crippen LogP contribution in [-0.4, -0.2) is 41.3 Å². The van der Waals surface area contributed by atoms with E-state index in [1.807, 2.05) is 41.5 Å². The van der Waals surface area contributed by atoms with Crippen LogP contribution >= 0.6 is 0 Å². The second kappa shape index (κ2) is 3.96. The summed E-state index contributed by atoms with van der Waals surface area (Å²) in [6.45, 7) is 12.2. The predicted octanol–water partition coefficient (Wildman–Crippen LogP) is 3.25. The van der Waals surface area contributed by atoms with Crippen molar-refractivity contribution in [3.63, 3.8) is 0 Å². The highest BCUT2D eigenvalue weighted by atomic mass is 19.1. The van der Waals surface area contributed by atoms with Crippen LogP contribution in [0.25, 0.3) is 0 Å².